The summed E-state index contributed by atoms with van der Waals surface area (Å²) in [7, 11) is 0. The molecule has 0 bridgehead atoms. The van der Waals surface area contributed by atoms with Crippen molar-refractivity contribution in [3.05, 3.63) is 22.7 Å². The molecule has 1 aliphatic carbocycles. The summed E-state index contributed by atoms with van der Waals surface area (Å²) in [5, 5.41) is 12.5. The quantitative estimate of drug-likeness (QED) is 0.892. The van der Waals surface area contributed by atoms with Crippen LogP contribution in [0.3, 0.4) is 0 Å². The van der Waals surface area contributed by atoms with Crippen LogP contribution >= 0.6 is 11.6 Å². The Morgan fingerprint density at radius 2 is 1.91 bits per heavy atom. The molecular formula is C15H16ClNO5. The van der Waals surface area contributed by atoms with E-state index in [0.29, 0.717) is 24.3 Å². The SMILES string of the molecule is O=C(NC1(C(=O)O)CCCCC1)c1cc(Cl)c2c(c1)OCO2. The van der Waals surface area contributed by atoms with Crippen molar-refractivity contribution in [2.24, 2.45) is 0 Å². The van der Waals surface area contributed by atoms with Crippen LogP contribution in [0, 0.1) is 0 Å². The van der Waals surface area contributed by atoms with Crippen molar-refractivity contribution < 1.29 is 24.2 Å². The number of nitrogens with one attached hydrogen (secondary N) is 1. The summed E-state index contributed by atoms with van der Waals surface area (Å²) in [5.74, 6) is -0.661. The van der Waals surface area contributed by atoms with E-state index in [1.54, 1.807) is 0 Å². The van der Waals surface area contributed by atoms with Gasteiger partial charge in [0.15, 0.2) is 11.5 Å². The number of carbonyl (C=O) groups excluding carboxylic acids is 1. The number of fused-ring (bicyclic) bond motifs is 1. The molecule has 1 fully saturated rings. The van der Waals surface area contributed by atoms with E-state index in [1.165, 1.54) is 12.1 Å². The standard InChI is InChI=1S/C15H16ClNO5/c16-10-6-9(7-11-12(10)22-8-21-11)13(18)17-15(14(19)20)4-2-1-3-5-15/h6-7H,1-5,8H2,(H,17,18)(H,19,20). The minimum atomic E-state index is -1.20. The van der Waals surface area contributed by atoms with Crippen molar-refractivity contribution in [2.75, 3.05) is 6.79 Å². The first-order valence-corrected chi connectivity index (χ1v) is 7.55. The Balaban J connectivity index is 1.85. The lowest BCUT2D eigenvalue weighted by atomic mass is 9.81. The number of amides is 1. The van der Waals surface area contributed by atoms with Crippen molar-refractivity contribution in [2.45, 2.75) is 37.6 Å². The zero-order valence-electron chi connectivity index (χ0n) is 11.9. The number of hydrogen-bond acceptors (Lipinski definition) is 4. The highest BCUT2D eigenvalue weighted by Gasteiger charge is 2.41. The Morgan fingerprint density at radius 1 is 1.18 bits per heavy atom. The van der Waals surface area contributed by atoms with Gasteiger partial charge in [0.25, 0.3) is 5.91 Å². The summed E-state index contributed by atoms with van der Waals surface area (Å²) in [6.07, 6.45) is 3.43. The second-order valence-electron chi connectivity index (χ2n) is 5.59. The molecule has 0 unspecified atom stereocenters. The highest BCUT2D eigenvalue weighted by molar-refractivity contribution is 6.32. The molecular weight excluding hydrogens is 310 g/mol. The maximum Gasteiger partial charge on any atom is 0.329 e. The lowest BCUT2D eigenvalue weighted by molar-refractivity contribution is -0.145. The Bertz CT molecular complexity index is 625. The van der Waals surface area contributed by atoms with Crippen LogP contribution in [0.1, 0.15) is 42.5 Å². The van der Waals surface area contributed by atoms with Gasteiger partial charge in [-0.15, -0.1) is 0 Å². The van der Waals surface area contributed by atoms with E-state index in [0.717, 1.165) is 19.3 Å². The fourth-order valence-electron chi connectivity index (χ4n) is 2.94. The number of carboxylic acids is 1. The smallest absolute Gasteiger partial charge is 0.329 e. The number of aliphatic carboxylic acids is 1. The second-order valence-corrected chi connectivity index (χ2v) is 6.00. The molecule has 0 saturated heterocycles. The molecule has 1 aromatic rings. The summed E-state index contributed by atoms with van der Waals surface area (Å²) < 4.78 is 10.4. The summed E-state index contributed by atoms with van der Waals surface area (Å²) >= 11 is 6.06. The van der Waals surface area contributed by atoms with Gasteiger partial charge in [-0.25, -0.2) is 4.79 Å². The number of hydrogen-bond donors (Lipinski definition) is 2. The van der Waals surface area contributed by atoms with Gasteiger partial charge in [-0.1, -0.05) is 30.9 Å². The van der Waals surface area contributed by atoms with Gasteiger partial charge in [0.05, 0.1) is 5.02 Å². The van der Waals surface area contributed by atoms with Crippen molar-refractivity contribution in [1.82, 2.24) is 5.32 Å². The molecule has 3 rings (SSSR count). The van der Waals surface area contributed by atoms with Crippen LogP contribution in [-0.2, 0) is 4.79 Å². The molecule has 6 nitrogen and oxygen atoms in total. The number of carbonyl (C=O) groups is 2. The van der Waals surface area contributed by atoms with Crippen molar-refractivity contribution >= 4 is 23.5 Å². The van der Waals surface area contributed by atoms with Crippen LogP contribution in [0.4, 0.5) is 0 Å². The molecule has 1 aromatic carbocycles. The molecule has 22 heavy (non-hydrogen) atoms. The molecule has 1 aliphatic heterocycles. The van der Waals surface area contributed by atoms with E-state index in [4.69, 9.17) is 21.1 Å². The summed E-state index contributed by atoms with van der Waals surface area (Å²) in [5.41, 5.74) is -0.932. The van der Waals surface area contributed by atoms with Gasteiger partial charge in [-0.3, -0.25) is 4.79 Å². The molecule has 2 N–H and O–H groups in total. The van der Waals surface area contributed by atoms with Crippen LogP contribution in [0.2, 0.25) is 5.02 Å². The monoisotopic (exact) mass is 325 g/mol. The molecule has 0 spiro atoms. The van der Waals surface area contributed by atoms with E-state index >= 15 is 0 Å². The van der Waals surface area contributed by atoms with Gasteiger partial charge in [-0.2, -0.15) is 0 Å². The number of rotatable bonds is 3. The lowest BCUT2D eigenvalue weighted by Crippen LogP contribution is -2.55. The van der Waals surface area contributed by atoms with E-state index in [1.807, 2.05) is 0 Å². The number of benzene rings is 1. The van der Waals surface area contributed by atoms with E-state index in [2.05, 4.69) is 5.32 Å². The number of halogens is 1. The first-order chi connectivity index (χ1) is 10.5. The molecule has 1 heterocycles. The normalized spacial score (nSPS) is 18.8. The average molecular weight is 326 g/mol. The molecule has 7 heteroatoms. The van der Waals surface area contributed by atoms with Gasteiger partial charge in [0.2, 0.25) is 6.79 Å². The van der Waals surface area contributed by atoms with Gasteiger partial charge >= 0.3 is 5.97 Å². The maximum absolute atomic E-state index is 12.4. The third-order valence-corrected chi connectivity index (χ3v) is 4.44. The van der Waals surface area contributed by atoms with Crippen LogP contribution in [-0.4, -0.2) is 29.3 Å². The highest BCUT2D eigenvalue weighted by Crippen LogP contribution is 2.40. The first-order valence-electron chi connectivity index (χ1n) is 7.17. The molecule has 0 radical (unpaired) electrons. The molecule has 118 valence electrons. The average Bonchev–Trinajstić information content (AvgIpc) is 2.97. The van der Waals surface area contributed by atoms with Gasteiger partial charge in [0, 0.05) is 5.56 Å². The molecule has 1 amide bonds. The van der Waals surface area contributed by atoms with E-state index in [-0.39, 0.29) is 17.4 Å². The summed E-state index contributed by atoms with van der Waals surface area (Å²) in [4.78, 5) is 24.1. The minimum absolute atomic E-state index is 0.0548. The Kier molecular flexibility index (Phi) is 3.87. The summed E-state index contributed by atoms with van der Waals surface area (Å²) in [6, 6.07) is 2.98. The van der Waals surface area contributed by atoms with Crippen LogP contribution < -0.4 is 14.8 Å². The molecule has 0 aromatic heterocycles. The second kappa shape index (κ2) is 5.68. The molecule has 1 saturated carbocycles. The van der Waals surface area contributed by atoms with E-state index in [9.17, 15) is 14.7 Å². The fourth-order valence-corrected chi connectivity index (χ4v) is 3.20. The highest BCUT2D eigenvalue weighted by atomic mass is 35.5. The van der Waals surface area contributed by atoms with Crippen LogP contribution in [0.25, 0.3) is 0 Å². The Hall–Kier alpha value is -1.95. The zero-order valence-corrected chi connectivity index (χ0v) is 12.6. The third-order valence-electron chi connectivity index (χ3n) is 4.16. The Labute approximate surface area is 132 Å². The zero-order chi connectivity index (χ0) is 15.7. The molecule has 0 atom stereocenters. The minimum Gasteiger partial charge on any atom is -0.480 e. The van der Waals surface area contributed by atoms with Crippen molar-refractivity contribution in [3.63, 3.8) is 0 Å². The van der Waals surface area contributed by atoms with Crippen LogP contribution in [0.5, 0.6) is 11.5 Å². The Morgan fingerprint density at radius 3 is 2.59 bits per heavy atom. The first kappa shape index (κ1) is 15.0. The van der Waals surface area contributed by atoms with Gasteiger partial charge in [0.1, 0.15) is 5.54 Å². The van der Waals surface area contributed by atoms with Crippen LogP contribution in [0.15, 0.2) is 12.1 Å². The summed E-state index contributed by atoms with van der Waals surface area (Å²) in [6.45, 7) is 0.0548. The maximum atomic E-state index is 12.4. The topological polar surface area (TPSA) is 84.9 Å². The lowest BCUT2D eigenvalue weighted by Gasteiger charge is -2.34. The number of ether oxygens (including phenoxy) is 2. The third kappa shape index (κ3) is 2.59. The predicted molar refractivity (Wildman–Crippen MR) is 78.5 cm³/mol. The number of carboxylic acid groups (broad SMARTS) is 1. The fraction of sp³-hybridized carbons (Fsp3) is 0.467. The largest absolute Gasteiger partial charge is 0.480 e. The van der Waals surface area contributed by atoms with Gasteiger partial charge in [-0.05, 0) is 25.0 Å². The van der Waals surface area contributed by atoms with Crippen molar-refractivity contribution in [3.8, 4) is 11.5 Å². The van der Waals surface area contributed by atoms with Gasteiger partial charge < -0.3 is 19.9 Å². The van der Waals surface area contributed by atoms with E-state index < -0.39 is 17.4 Å². The predicted octanol–water partition coefficient (Wildman–Crippen LogP) is 2.59. The molecule has 2 aliphatic rings. The van der Waals surface area contributed by atoms with Crippen molar-refractivity contribution in [1.29, 1.82) is 0 Å².